The number of aryl methyl sites for hydroxylation is 1. The molecule has 0 bridgehead atoms. The molecule has 1 aromatic carbocycles. The van der Waals surface area contributed by atoms with Crippen LogP contribution in [0.1, 0.15) is 52.2 Å². The molecule has 0 aliphatic carbocycles. The molecule has 1 aromatic rings. The van der Waals surface area contributed by atoms with Crippen molar-refractivity contribution in [1.29, 1.82) is 0 Å². The van der Waals surface area contributed by atoms with Crippen molar-refractivity contribution in [2.75, 3.05) is 0 Å². The number of rotatable bonds is 4. The topological polar surface area (TPSA) is 0 Å². The fourth-order valence-corrected chi connectivity index (χ4v) is 1.90. The van der Waals surface area contributed by atoms with Gasteiger partial charge in [0.05, 0.1) is 0 Å². The molecular formula is C20H28. The van der Waals surface area contributed by atoms with Crippen LogP contribution in [0.5, 0.6) is 0 Å². The Kier molecular flexibility index (Phi) is 9.22. The molecular weight excluding hydrogens is 240 g/mol. The maximum absolute atomic E-state index is 5.44. The monoisotopic (exact) mass is 268 g/mol. The molecule has 0 saturated heterocycles. The van der Waals surface area contributed by atoms with Crippen LogP contribution < -0.4 is 0 Å². The van der Waals surface area contributed by atoms with E-state index < -0.39 is 0 Å². The zero-order valence-electron chi connectivity index (χ0n) is 13.8. The summed E-state index contributed by atoms with van der Waals surface area (Å²) in [5.41, 5.74) is 5.10. The molecule has 0 amide bonds. The van der Waals surface area contributed by atoms with Crippen LogP contribution >= 0.6 is 0 Å². The first-order valence-corrected chi connectivity index (χ1v) is 7.45. The molecule has 0 aromatic heterocycles. The van der Waals surface area contributed by atoms with Crippen LogP contribution in [0.15, 0.2) is 42.0 Å². The van der Waals surface area contributed by atoms with Crippen molar-refractivity contribution in [3.63, 3.8) is 0 Å². The van der Waals surface area contributed by atoms with Crippen LogP contribution in [0.2, 0.25) is 0 Å². The zero-order valence-corrected chi connectivity index (χ0v) is 13.8. The molecule has 0 saturated carbocycles. The molecule has 0 atom stereocenters. The number of hydrogen-bond acceptors (Lipinski definition) is 0. The van der Waals surface area contributed by atoms with E-state index in [1.54, 1.807) is 0 Å². The summed E-state index contributed by atoms with van der Waals surface area (Å²) in [5, 5.41) is 0. The van der Waals surface area contributed by atoms with Gasteiger partial charge in [-0.05, 0) is 30.9 Å². The molecule has 108 valence electrons. The second kappa shape index (κ2) is 10.1. The van der Waals surface area contributed by atoms with Crippen LogP contribution in [-0.4, -0.2) is 0 Å². The quantitative estimate of drug-likeness (QED) is 0.462. The van der Waals surface area contributed by atoms with Gasteiger partial charge >= 0.3 is 0 Å². The first kappa shape index (κ1) is 18.3. The Morgan fingerprint density at radius 1 is 1.30 bits per heavy atom. The Balaban J connectivity index is 0.00000172. The van der Waals surface area contributed by atoms with Crippen LogP contribution in [0, 0.1) is 25.2 Å². The van der Waals surface area contributed by atoms with Gasteiger partial charge in [0.25, 0.3) is 0 Å². The molecule has 0 unspecified atom stereocenters. The number of allylic oxidation sites excluding steroid dienone is 4. The number of terminal acetylenes is 1. The third-order valence-electron chi connectivity index (χ3n) is 3.05. The van der Waals surface area contributed by atoms with Gasteiger partial charge in [0, 0.05) is 6.42 Å². The summed E-state index contributed by atoms with van der Waals surface area (Å²) < 4.78 is 0. The van der Waals surface area contributed by atoms with Crippen molar-refractivity contribution in [2.45, 2.75) is 48.0 Å². The Labute approximate surface area is 125 Å². The Morgan fingerprint density at radius 3 is 2.40 bits per heavy atom. The third-order valence-corrected chi connectivity index (χ3v) is 3.05. The smallest absolute Gasteiger partial charge is 0.0302 e. The second-order valence-electron chi connectivity index (χ2n) is 4.87. The summed E-state index contributed by atoms with van der Waals surface area (Å²) in [7, 11) is 0. The standard InChI is InChI=1S/C18H22.C2H6/c1-6-9-17(14(3)4)13-16(7-2)18-11-8-10-15(5)12-18;1-2/h1,7-8,10-14H,9H2,2-5H3;1-2H3/b16-7+,17-13+;. The summed E-state index contributed by atoms with van der Waals surface area (Å²) >= 11 is 0. The van der Waals surface area contributed by atoms with Crippen LogP contribution in [0.3, 0.4) is 0 Å². The molecule has 0 aliphatic rings. The zero-order chi connectivity index (χ0) is 15.5. The Hall–Kier alpha value is -1.74. The van der Waals surface area contributed by atoms with Gasteiger partial charge < -0.3 is 0 Å². The van der Waals surface area contributed by atoms with Crippen molar-refractivity contribution in [2.24, 2.45) is 5.92 Å². The van der Waals surface area contributed by atoms with Gasteiger partial charge in [-0.1, -0.05) is 75.2 Å². The van der Waals surface area contributed by atoms with Crippen LogP contribution in [0.25, 0.3) is 5.57 Å². The minimum absolute atomic E-state index is 0.487. The fourth-order valence-electron chi connectivity index (χ4n) is 1.90. The minimum atomic E-state index is 0.487. The van der Waals surface area contributed by atoms with E-state index in [0.717, 1.165) is 6.42 Å². The molecule has 0 fully saturated rings. The molecule has 0 heterocycles. The fraction of sp³-hybridized carbons (Fsp3) is 0.400. The van der Waals surface area contributed by atoms with Gasteiger partial charge in [0.1, 0.15) is 0 Å². The molecule has 0 heteroatoms. The Bertz CT molecular complexity index is 493. The molecule has 0 spiro atoms. The van der Waals surface area contributed by atoms with E-state index in [2.05, 4.69) is 70.0 Å². The number of hydrogen-bond donors (Lipinski definition) is 0. The van der Waals surface area contributed by atoms with Gasteiger partial charge in [0.15, 0.2) is 0 Å². The molecule has 0 radical (unpaired) electrons. The second-order valence-corrected chi connectivity index (χ2v) is 4.87. The summed E-state index contributed by atoms with van der Waals surface area (Å²) in [6.07, 6.45) is 10.5. The highest BCUT2D eigenvalue weighted by Crippen LogP contribution is 2.23. The maximum atomic E-state index is 5.44. The maximum Gasteiger partial charge on any atom is 0.0302 e. The number of benzene rings is 1. The molecule has 0 N–H and O–H groups in total. The summed E-state index contributed by atoms with van der Waals surface area (Å²) in [4.78, 5) is 0. The average molecular weight is 268 g/mol. The van der Waals surface area contributed by atoms with E-state index in [9.17, 15) is 0 Å². The van der Waals surface area contributed by atoms with Crippen molar-refractivity contribution < 1.29 is 0 Å². The highest BCUT2D eigenvalue weighted by Gasteiger charge is 2.04. The highest BCUT2D eigenvalue weighted by molar-refractivity contribution is 5.74. The lowest BCUT2D eigenvalue weighted by atomic mass is 9.94. The highest BCUT2D eigenvalue weighted by atomic mass is 14.1. The van der Waals surface area contributed by atoms with Crippen molar-refractivity contribution in [3.05, 3.63) is 53.1 Å². The van der Waals surface area contributed by atoms with Gasteiger partial charge in [-0.2, -0.15) is 0 Å². The molecule has 0 nitrogen and oxygen atoms in total. The normalized spacial score (nSPS) is 11.7. The molecule has 20 heavy (non-hydrogen) atoms. The van der Waals surface area contributed by atoms with Crippen molar-refractivity contribution >= 4 is 5.57 Å². The summed E-state index contributed by atoms with van der Waals surface area (Å²) in [5.74, 6) is 3.23. The predicted molar refractivity (Wildman–Crippen MR) is 92.5 cm³/mol. The summed E-state index contributed by atoms with van der Waals surface area (Å²) in [6, 6.07) is 8.57. The van der Waals surface area contributed by atoms with Crippen molar-refractivity contribution in [1.82, 2.24) is 0 Å². The van der Waals surface area contributed by atoms with E-state index in [1.807, 2.05) is 13.8 Å². The lowest BCUT2D eigenvalue weighted by Crippen LogP contribution is -1.94. The largest absolute Gasteiger partial charge is 0.120 e. The van der Waals surface area contributed by atoms with Gasteiger partial charge in [0.2, 0.25) is 0 Å². The van der Waals surface area contributed by atoms with Crippen LogP contribution in [0.4, 0.5) is 0 Å². The lowest BCUT2D eigenvalue weighted by Gasteiger charge is -2.11. The van der Waals surface area contributed by atoms with Crippen molar-refractivity contribution in [3.8, 4) is 12.3 Å². The Morgan fingerprint density at radius 2 is 1.95 bits per heavy atom. The first-order chi connectivity index (χ1) is 9.58. The molecule has 1 rings (SSSR count). The van der Waals surface area contributed by atoms with E-state index in [4.69, 9.17) is 6.42 Å². The predicted octanol–water partition coefficient (Wildman–Crippen LogP) is 6.03. The van der Waals surface area contributed by atoms with Gasteiger partial charge in [-0.15, -0.1) is 12.3 Å². The SMILES string of the molecule is C#CC/C(=C\C(=C/C)c1cccc(C)c1)C(C)C.CC. The average Bonchev–Trinajstić information content (AvgIpc) is 2.45. The summed E-state index contributed by atoms with van der Waals surface area (Å²) in [6.45, 7) is 12.6. The lowest BCUT2D eigenvalue weighted by molar-refractivity contribution is 0.752. The van der Waals surface area contributed by atoms with E-state index in [1.165, 1.54) is 22.3 Å². The third kappa shape index (κ3) is 5.93. The first-order valence-electron chi connectivity index (χ1n) is 7.45. The van der Waals surface area contributed by atoms with E-state index in [-0.39, 0.29) is 0 Å². The van der Waals surface area contributed by atoms with Crippen LogP contribution in [-0.2, 0) is 0 Å². The molecule has 0 aliphatic heterocycles. The van der Waals surface area contributed by atoms with Gasteiger partial charge in [-0.3, -0.25) is 0 Å². The van der Waals surface area contributed by atoms with E-state index in [0.29, 0.717) is 5.92 Å². The van der Waals surface area contributed by atoms with Gasteiger partial charge in [-0.25, -0.2) is 0 Å². The van der Waals surface area contributed by atoms with E-state index >= 15 is 0 Å². The minimum Gasteiger partial charge on any atom is -0.120 e.